The predicted octanol–water partition coefficient (Wildman–Crippen LogP) is 10.1. The maximum absolute atomic E-state index is 2.55. The highest BCUT2D eigenvalue weighted by molar-refractivity contribution is 6.14. The average Bonchev–Trinajstić information content (AvgIpc) is 3.69. The molecule has 0 spiro atoms. The molecule has 2 aliphatic rings. The number of fused-ring (bicyclic) bond motifs is 8. The molecule has 0 N–H and O–H groups in total. The molecule has 0 saturated carbocycles. The van der Waals surface area contributed by atoms with Crippen molar-refractivity contribution in [3.63, 3.8) is 0 Å². The summed E-state index contributed by atoms with van der Waals surface area (Å²) in [5, 5.41) is 2.58. The van der Waals surface area contributed by atoms with E-state index in [4.69, 9.17) is 0 Å². The van der Waals surface area contributed by atoms with Gasteiger partial charge < -0.3 is 4.57 Å². The third-order valence-corrected chi connectivity index (χ3v) is 9.17. The normalized spacial score (nSPS) is 16.9. The lowest BCUT2D eigenvalue weighted by Crippen LogP contribution is -2.06. The van der Waals surface area contributed by atoms with Crippen LogP contribution in [0.2, 0.25) is 0 Å². The van der Waals surface area contributed by atoms with Gasteiger partial charge in [0.25, 0.3) is 0 Å². The first-order valence-corrected chi connectivity index (χ1v) is 14.4. The summed E-state index contributed by atoms with van der Waals surface area (Å²) in [5.41, 5.74) is 14.8. The highest BCUT2D eigenvalue weighted by Crippen LogP contribution is 2.58. The highest BCUT2D eigenvalue weighted by atomic mass is 15.0. The fraction of sp³-hybridized carbons (Fsp3) is 0.0500. The van der Waals surface area contributed by atoms with Crippen molar-refractivity contribution in [1.29, 1.82) is 0 Å². The molecule has 41 heavy (non-hydrogen) atoms. The van der Waals surface area contributed by atoms with Crippen molar-refractivity contribution in [3.8, 4) is 16.8 Å². The first-order chi connectivity index (χ1) is 20.4. The van der Waals surface area contributed by atoms with Crippen molar-refractivity contribution < 1.29 is 0 Å². The molecule has 7 aromatic rings. The summed E-state index contributed by atoms with van der Waals surface area (Å²) in [6.07, 6.45) is 2.46. The van der Waals surface area contributed by atoms with Gasteiger partial charge in [-0.25, -0.2) is 0 Å². The van der Waals surface area contributed by atoms with Gasteiger partial charge >= 0.3 is 0 Å². The topological polar surface area (TPSA) is 4.93 Å². The molecule has 1 heteroatoms. The van der Waals surface area contributed by atoms with E-state index < -0.39 is 0 Å². The maximum Gasteiger partial charge on any atom is 0.0619 e. The molecule has 1 nitrogen and oxygen atoms in total. The number of rotatable bonds is 3. The van der Waals surface area contributed by atoms with Crippen LogP contribution in [0.4, 0.5) is 0 Å². The van der Waals surface area contributed by atoms with Crippen LogP contribution >= 0.6 is 0 Å². The molecule has 0 radical (unpaired) electrons. The average molecular weight is 522 g/mol. The van der Waals surface area contributed by atoms with Crippen molar-refractivity contribution in [2.45, 2.75) is 11.8 Å². The summed E-state index contributed by atoms with van der Waals surface area (Å²) >= 11 is 0. The Bertz CT molecular complexity index is 2150. The molecule has 192 valence electrons. The Balaban J connectivity index is 1.41. The zero-order valence-corrected chi connectivity index (χ0v) is 22.5. The first-order valence-electron chi connectivity index (χ1n) is 14.4. The molecule has 6 aromatic carbocycles. The molecule has 1 heterocycles. The van der Waals surface area contributed by atoms with E-state index in [2.05, 4.69) is 156 Å². The Labute approximate surface area is 239 Å². The summed E-state index contributed by atoms with van der Waals surface area (Å²) in [6.45, 7) is 0. The van der Waals surface area contributed by atoms with E-state index in [0.717, 1.165) is 0 Å². The van der Waals surface area contributed by atoms with E-state index in [0.29, 0.717) is 0 Å². The van der Waals surface area contributed by atoms with Crippen molar-refractivity contribution in [2.24, 2.45) is 0 Å². The molecule has 2 atom stereocenters. The molecule has 0 amide bonds. The van der Waals surface area contributed by atoms with Crippen LogP contribution in [0.25, 0.3) is 44.7 Å². The molecular formula is C40H27N. The number of hydrogen-bond acceptors (Lipinski definition) is 0. The van der Waals surface area contributed by atoms with Crippen LogP contribution in [-0.4, -0.2) is 4.57 Å². The Morgan fingerprint density at radius 3 is 2.05 bits per heavy atom. The molecule has 9 rings (SSSR count). The second-order valence-electron chi connectivity index (χ2n) is 11.3. The third-order valence-electron chi connectivity index (χ3n) is 9.17. The van der Waals surface area contributed by atoms with Gasteiger partial charge in [-0.1, -0.05) is 140 Å². The monoisotopic (exact) mass is 521 g/mol. The van der Waals surface area contributed by atoms with Gasteiger partial charge in [-0.3, -0.25) is 0 Å². The van der Waals surface area contributed by atoms with Gasteiger partial charge in [0.2, 0.25) is 0 Å². The number of aromatic nitrogens is 1. The minimum atomic E-state index is 0.194. The van der Waals surface area contributed by atoms with E-state index in [-0.39, 0.29) is 11.8 Å². The number of hydrogen-bond donors (Lipinski definition) is 0. The Kier molecular flexibility index (Phi) is 4.80. The SMILES string of the molecule is C1=C2C(c3ccccc31)c1cccc(-n3c4ccccc4c4cccc(-c5ccccc5)c43)c1C2c1ccccc1. The fourth-order valence-corrected chi connectivity index (χ4v) is 7.57. The van der Waals surface area contributed by atoms with Crippen molar-refractivity contribution >= 4 is 27.9 Å². The third kappa shape index (κ3) is 3.18. The molecule has 0 bridgehead atoms. The van der Waals surface area contributed by atoms with Crippen LogP contribution in [0.3, 0.4) is 0 Å². The molecule has 0 aliphatic heterocycles. The van der Waals surface area contributed by atoms with Gasteiger partial charge in [-0.2, -0.15) is 0 Å². The van der Waals surface area contributed by atoms with E-state index in [1.165, 1.54) is 72.0 Å². The molecule has 2 unspecified atom stereocenters. The van der Waals surface area contributed by atoms with Crippen molar-refractivity contribution in [3.05, 3.63) is 179 Å². The molecule has 1 aromatic heterocycles. The smallest absolute Gasteiger partial charge is 0.0619 e. The zero-order valence-electron chi connectivity index (χ0n) is 22.5. The maximum atomic E-state index is 2.55. The highest BCUT2D eigenvalue weighted by Gasteiger charge is 2.42. The molecule has 0 saturated heterocycles. The lowest BCUT2D eigenvalue weighted by Gasteiger charge is -2.21. The number of nitrogens with zero attached hydrogens (tertiary/aromatic N) is 1. The van der Waals surface area contributed by atoms with E-state index in [1.807, 2.05) is 0 Å². The van der Waals surface area contributed by atoms with Crippen LogP contribution in [0.1, 0.15) is 39.7 Å². The molecule has 0 fully saturated rings. The van der Waals surface area contributed by atoms with Gasteiger partial charge in [-0.15, -0.1) is 0 Å². The van der Waals surface area contributed by atoms with Crippen LogP contribution in [0.5, 0.6) is 0 Å². The molecule has 2 aliphatic carbocycles. The zero-order chi connectivity index (χ0) is 26.9. The Morgan fingerprint density at radius 1 is 0.488 bits per heavy atom. The van der Waals surface area contributed by atoms with E-state index >= 15 is 0 Å². The molecular weight excluding hydrogens is 494 g/mol. The van der Waals surface area contributed by atoms with Gasteiger partial charge in [0.1, 0.15) is 0 Å². The van der Waals surface area contributed by atoms with Gasteiger partial charge in [0, 0.05) is 28.2 Å². The first kappa shape index (κ1) is 22.7. The Morgan fingerprint density at radius 2 is 1.17 bits per heavy atom. The van der Waals surface area contributed by atoms with Crippen molar-refractivity contribution in [1.82, 2.24) is 4.57 Å². The second kappa shape index (κ2) is 8.68. The van der Waals surface area contributed by atoms with Crippen LogP contribution in [0.15, 0.2) is 151 Å². The predicted molar refractivity (Wildman–Crippen MR) is 171 cm³/mol. The second-order valence-corrected chi connectivity index (χ2v) is 11.3. The number of benzene rings is 6. The van der Waals surface area contributed by atoms with Gasteiger partial charge in [0.05, 0.1) is 16.7 Å². The van der Waals surface area contributed by atoms with E-state index in [1.54, 1.807) is 0 Å². The van der Waals surface area contributed by atoms with Crippen LogP contribution in [0, 0.1) is 0 Å². The van der Waals surface area contributed by atoms with Crippen LogP contribution in [-0.2, 0) is 0 Å². The Hall–Kier alpha value is -5.14. The largest absolute Gasteiger partial charge is 0.308 e. The lowest BCUT2D eigenvalue weighted by atomic mass is 9.88. The number of para-hydroxylation sites is 2. The summed E-state index contributed by atoms with van der Waals surface area (Å²) in [6, 6.07) is 53.5. The fourth-order valence-electron chi connectivity index (χ4n) is 7.57. The van der Waals surface area contributed by atoms with Crippen LogP contribution < -0.4 is 0 Å². The minimum Gasteiger partial charge on any atom is -0.308 e. The van der Waals surface area contributed by atoms with Crippen molar-refractivity contribution in [2.75, 3.05) is 0 Å². The minimum absolute atomic E-state index is 0.194. The number of allylic oxidation sites excluding steroid dienone is 1. The lowest BCUT2D eigenvalue weighted by molar-refractivity contribution is 0.934. The standard InChI is InChI=1S/C40H27N/c1-3-13-26(14-4-1)30-20-11-21-32-31-19-9-10-23-35(31)41(40(30)32)36-24-12-22-33-38-29-18-8-7-17-28(29)25-34(38)37(39(33)36)27-15-5-2-6-16-27/h1-25,37-38H. The summed E-state index contributed by atoms with van der Waals surface area (Å²) in [4.78, 5) is 0. The van der Waals surface area contributed by atoms with E-state index in [9.17, 15) is 0 Å². The summed E-state index contributed by atoms with van der Waals surface area (Å²) in [7, 11) is 0. The van der Waals surface area contributed by atoms with Gasteiger partial charge in [-0.05, 0) is 51.1 Å². The summed E-state index contributed by atoms with van der Waals surface area (Å²) < 4.78 is 2.55. The van der Waals surface area contributed by atoms with Gasteiger partial charge in [0.15, 0.2) is 0 Å². The summed E-state index contributed by atoms with van der Waals surface area (Å²) in [5.74, 6) is 0.480. The quantitative estimate of drug-likeness (QED) is 0.218.